The summed E-state index contributed by atoms with van der Waals surface area (Å²) in [6.07, 6.45) is 3.03. The Morgan fingerprint density at radius 2 is 2.25 bits per heavy atom. The summed E-state index contributed by atoms with van der Waals surface area (Å²) in [5.74, 6) is 0. The monoisotopic (exact) mass is 120 g/mol. The van der Waals surface area contributed by atoms with Crippen LogP contribution < -0.4 is 0 Å². The molecule has 0 unspecified atom stereocenters. The van der Waals surface area contributed by atoms with Crippen molar-refractivity contribution in [1.29, 1.82) is 0 Å². The Morgan fingerprint density at radius 3 is 2.50 bits per heavy atom. The smallest absolute Gasteiger partial charge is 0.574 e. The van der Waals surface area contributed by atoms with Crippen molar-refractivity contribution in [3.8, 4) is 0 Å². The van der Waals surface area contributed by atoms with Crippen LogP contribution in [-0.2, 0) is 9.00 Å². The number of allylic oxidation sites excluding steroid dienone is 1. The Morgan fingerprint density at radius 1 is 1.50 bits per heavy atom. The summed E-state index contributed by atoms with van der Waals surface area (Å²) < 4.78 is 31.0. The second kappa shape index (κ2) is 1.57. The molecule has 0 aromatic carbocycles. The van der Waals surface area contributed by atoms with Gasteiger partial charge in [0.15, 0.2) is 0 Å². The lowest BCUT2D eigenvalue weighted by molar-refractivity contribution is -0.357. The van der Waals surface area contributed by atoms with E-state index in [9.17, 15) is 8.63 Å². The van der Waals surface area contributed by atoms with Gasteiger partial charge in [0.1, 0.15) is 0 Å². The van der Waals surface area contributed by atoms with E-state index < -0.39 is 7.11 Å². The minimum Gasteiger partial charge on any atom is -0.574 e. The van der Waals surface area contributed by atoms with Crippen LogP contribution in [0, 0.1) is 0 Å². The van der Waals surface area contributed by atoms with Crippen molar-refractivity contribution in [1.82, 2.24) is 0 Å². The maximum Gasteiger partial charge on any atom is 0.994 e. The molecule has 0 saturated heterocycles. The molecule has 8 heavy (non-hydrogen) atoms. The second-order valence-electron chi connectivity index (χ2n) is 1.27. The van der Waals surface area contributed by atoms with Crippen LogP contribution in [0.1, 0.15) is 0 Å². The highest BCUT2D eigenvalue weighted by Crippen LogP contribution is 2.08. The molecular formula is C3H3BF2O2. The van der Waals surface area contributed by atoms with Crippen LogP contribution in [0.3, 0.4) is 0 Å². The van der Waals surface area contributed by atoms with Crippen LogP contribution in [-0.4, -0.2) is 13.4 Å². The molecule has 0 aliphatic carbocycles. The first-order chi connectivity index (χ1) is 3.71. The Kier molecular flexibility index (Phi) is 1.04. The van der Waals surface area contributed by atoms with Crippen molar-refractivity contribution < 1.29 is 17.6 Å². The molecule has 0 atom stereocenters. The fraction of sp³-hybridized carbons (Fsp3) is 0. The third kappa shape index (κ3) is 1.05. The van der Waals surface area contributed by atoms with E-state index in [0.717, 1.165) is 12.5 Å². The van der Waals surface area contributed by atoms with E-state index >= 15 is 0 Å². The zero-order chi connectivity index (χ0) is 6.04. The minimum absolute atomic E-state index is 0.892. The predicted molar refractivity (Wildman–Crippen MR) is 24.3 cm³/mol. The Hall–Kier alpha value is -0.865. The molecule has 0 bridgehead atoms. The van der Waals surface area contributed by atoms with E-state index in [4.69, 9.17) is 0 Å². The fourth-order valence-corrected chi connectivity index (χ4v) is 0.338. The summed E-state index contributed by atoms with van der Waals surface area (Å²) in [5.41, 5.74) is 0. The van der Waals surface area contributed by atoms with Crippen LogP contribution in [0.2, 0.25) is 0 Å². The van der Waals surface area contributed by atoms with Gasteiger partial charge in [-0.2, -0.15) is 0 Å². The predicted octanol–water partition coefficient (Wildman–Crippen LogP) is 0.639. The molecule has 0 saturated carbocycles. The molecular weight excluding hydrogens is 117 g/mol. The number of aldehydes is 1. The molecule has 1 aliphatic rings. The van der Waals surface area contributed by atoms with E-state index in [1.165, 1.54) is 6.08 Å². The summed E-state index contributed by atoms with van der Waals surface area (Å²) in [6.45, 7) is 0. The largest absolute Gasteiger partial charge is 0.994 e. The highest BCUT2D eigenvalue weighted by atomic mass is 19.3. The number of hydrogen-bond acceptors (Lipinski definition) is 1. The van der Waals surface area contributed by atoms with Crippen molar-refractivity contribution in [2.24, 2.45) is 0 Å². The normalized spacial score (nSPS) is 22.8. The van der Waals surface area contributed by atoms with Gasteiger partial charge in [-0.1, -0.05) is 0 Å². The van der Waals surface area contributed by atoms with Crippen molar-refractivity contribution in [3.05, 3.63) is 12.3 Å². The Balaban J connectivity index is 2.65. The lowest BCUT2D eigenvalue weighted by Gasteiger charge is -2.07. The topological polar surface area (TPSA) is 20.5 Å². The van der Waals surface area contributed by atoms with E-state index in [1.54, 1.807) is 0 Å². The number of carbonyl (C=O) groups excluding carboxylic acids is 1. The summed E-state index contributed by atoms with van der Waals surface area (Å²) in [5, 5.41) is 0. The van der Waals surface area contributed by atoms with Gasteiger partial charge < -0.3 is 17.6 Å². The van der Waals surface area contributed by atoms with Gasteiger partial charge in [0.25, 0.3) is 0 Å². The second-order valence-corrected chi connectivity index (χ2v) is 1.27. The number of halogens is 2. The van der Waals surface area contributed by atoms with Crippen LogP contribution >= 0.6 is 0 Å². The molecule has 44 valence electrons. The lowest BCUT2D eigenvalue weighted by atomic mass is 10.2. The minimum atomic E-state index is -4.03. The van der Waals surface area contributed by atoms with Gasteiger partial charge in [-0.15, -0.1) is 0 Å². The van der Waals surface area contributed by atoms with Crippen molar-refractivity contribution in [3.63, 3.8) is 0 Å². The van der Waals surface area contributed by atoms with Gasteiger partial charge in [-0.3, -0.25) is 0 Å². The lowest BCUT2D eigenvalue weighted by Crippen LogP contribution is -2.28. The molecule has 0 amide bonds. The quantitative estimate of drug-likeness (QED) is 0.261. The zero-order valence-electron chi connectivity index (χ0n) is 3.88. The third-order valence-corrected chi connectivity index (χ3v) is 0.631. The van der Waals surface area contributed by atoms with Gasteiger partial charge in [0.05, 0.1) is 6.08 Å². The van der Waals surface area contributed by atoms with E-state index in [2.05, 4.69) is 9.00 Å². The van der Waals surface area contributed by atoms with Gasteiger partial charge in [0.2, 0.25) is 6.29 Å². The Bertz CT molecular complexity index is 142. The zero-order valence-corrected chi connectivity index (χ0v) is 3.88. The first-order valence-electron chi connectivity index (χ1n) is 2.05. The molecule has 1 rings (SSSR count). The fourth-order valence-electron chi connectivity index (χ4n) is 0.338. The standard InChI is InChI=1S/C3H3BF2O2/c5-4(6)7-2-1-3-8-4/h1-3H. The average Bonchev–Trinajstić information content (AvgIpc) is 1.65. The number of hydrogen-bond donors (Lipinski definition) is 0. The molecule has 0 radical (unpaired) electrons. The molecule has 0 N–H and O–H groups in total. The molecule has 0 spiro atoms. The van der Waals surface area contributed by atoms with Gasteiger partial charge in [0, 0.05) is 6.26 Å². The summed E-state index contributed by atoms with van der Waals surface area (Å²) in [4.78, 5) is 0. The molecule has 1 aliphatic heterocycles. The highest BCUT2D eigenvalue weighted by Gasteiger charge is 2.48. The summed E-state index contributed by atoms with van der Waals surface area (Å²) >= 11 is 0. The maximum absolute atomic E-state index is 11.7. The van der Waals surface area contributed by atoms with Crippen LogP contribution in [0.15, 0.2) is 12.3 Å². The van der Waals surface area contributed by atoms with E-state index in [-0.39, 0.29) is 0 Å². The third-order valence-electron chi connectivity index (χ3n) is 0.631. The number of rotatable bonds is 0. The molecule has 0 aromatic heterocycles. The molecule has 0 fully saturated rings. The first-order valence-corrected chi connectivity index (χ1v) is 2.05. The van der Waals surface area contributed by atoms with Crippen molar-refractivity contribution in [2.45, 2.75) is 0 Å². The molecule has 5 heteroatoms. The first kappa shape index (κ1) is 5.28. The molecule has 1 heterocycles. The van der Waals surface area contributed by atoms with Crippen molar-refractivity contribution in [2.75, 3.05) is 0 Å². The van der Waals surface area contributed by atoms with Crippen LogP contribution in [0.4, 0.5) is 8.63 Å². The summed E-state index contributed by atoms with van der Waals surface area (Å²) in [7, 11) is -4.03. The van der Waals surface area contributed by atoms with Crippen LogP contribution in [0.25, 0.3) is 0 Å². The highest BCUT2D eigenvalue weighted by molar-refractivity contribution is 6.49. The molecule has 2 nitrogen and oxygen atoms in total. The molecule has 0 aromatic rings. The van der Waals surface area contributed by atoms with Gasteiger partial charge in [-0.25, -0.2) is 0 Å². The maximum atomic E-state index is 11.7. The van der Waals surface area contributed by atoms with Gasteiger partial charge in [-0.05, 0) is 0 Å². The summed E-state index contributed by atoms with van der Waals surface area (Å²) in [6, 6.07) is 0. The van der Waals surface area contributed by atoms with Crippen LogP contribution in [0.5, 0.6) is 0 Å². The van der Waals surface area contributed by atoms with Crippen molar-refractivity contribution >= 4 is 13.4 Å². The average molecular weight is 120 g/mol. The van der Waals surface area contributed by atoms with Gasteiger partial charge >= 0.3 is 7.11 Å². The van der Waals surface area contributed by atoms with E-state index in [1.807, 2.05) is 0 Å². The Labute approximate surface area is 44.5 Å². The SMILES string of the molecule is F[B-]1(F)OC=CC=[O+]1. The van der Waals surface area contributed by atoms with E-state index in [0.29, 0.717) is 0 Å².